The van der Waals surface area contributed by atoms with Crippen LogP contribution >= 0.6 is 0 Å². The number of alkyl halides is 1. The van der Waals surface area contributed by atoms with E-state index >= 15 is 0 Å². The molecule has 4 rings (SSSR count). The molecule has 142 valence electrons. The van der Waals surface area contributed by atoms with E-state index in [1.807, 2.05) is 37.3 Å². The van der Waals surface area contributed by atoms with Gasteiger partial charge in [-0.15, -0.1) is 5.10 Å². The quantitative estimate of drug-likeness (QED) is 0.703. The number of imidazole rings is 1. The number of hydrogen-bond acceptors (Lipinski definition) is 7. The molecule has 3 heterocycles. The van der Waals surface area contributed by atoms with Crippen molar-refractivity contribution in [3.63, 3.8) is 0 Å². The number of anilines is 2. The van der Waals surface area contributed by atoms with Crippen LogP contribution in [0, 0.1) is 5.92 Å². The van der Waals surface area contributed by atoms with Crippen LogP contribution in [-0.2, 0) is 16.1 Å². The number of rotatable bonds is 5. The van der Waals surface area contributed by atoms with Crippen LogP contribution < -0.4 is 11.5 Å². The predicted molar refractivity (Wildman–Crippen MR) is 97.4 cm³/mol. The second kappa shape index (κ2) is 7.09. The Labute approximate surface area is 155 Å². The average molecular weight is 372 g/mol. The van der Waals surface area contributed by atoms with Crippen molar-refractivity contribution in [2.45, 2.75) is 31.9 Å². The summed E-state index contributed by atoms with van der Waals surface area (Å²) in [6.45, 7) is 2.55. The zero-order valence-corrected chi connectivity index (χ0v) is 14.8. The van der Waals surface area contributed by atoms with Gasteiger partial charge in [0.15, 0.2) is 11.5 Å². The Balaban J connectivity index is 1.49. The molecule has 0 bridgehead atoms. The number of hydrogen-bond donors (Lipinski definition) is 2. The molecule has 1 aromatic carbocycles. The van der Waals surface area contributed by atoms with Gasteiger partial charge in [0.05, 0.1) is 31.2 Å². The Morgan fingerprint density at radius 3 is 2.81 bits per heavy atom. The minimum Gasteiger partial charge on any atom is -0.380 e. The molecular weight excluding hydrogens is 351 g/mol. The van der Waals surface area contributed by atoms with Crippen molar-refractivity contribution in [1.29, 1.82) is 0 Å². The lowest BCUT2D eigenvalue weighted by molar-refractivity contribution is -0.0341. The minimum atomic E-state index is -1.23. The van der Waals surface area contributed by atoms with Crippen molar-refractivity contribution in [1.82, 2.24) is 19.6 Å². The summed E-state index contributed by atoms with van der Waals surface area (Å²) in [4.78, 5) is 8.04. The Kier molecular flexibility index (Phi) is 4.63. The molecule has 0 radical (unpaired) electrons. The number of benzene rings is 1. The Hall–Kier alpha value is -2.78. The first-order chi connectivity index (χ1) is 13.0. The van der Waals surface area contributed by atoms with Gasteiger partial charge in [0, 0.05) is 5.92 Å². The predicted octanol–water partition coefficient (Wildman–Crippen LogP) is 1.92. The van der Waals surface area contributed by atoms with Crippen LogP contribution in [0.2, 0.25) is 0 Å². The SMILES string of the molecule is C[C@H]1[C@@H](F)[C@H](c2cnc3c(N)nc(N)nn23)O[C@@H]1COCc1ccccc1. The number of ether oxygens (including phenoxy) is 2. The molecular formula is C18H21FN6O2. The van der Waals surface area contributed by atoms with Crippen LogP contribution in [0.15, 0.2) is 36.5 Å². The molecule has 0 spiro atoms. The summed E-state index contributed by atoms with van der Waals surface area (Å²) in [5.74, 6) is -0.214. The van der Waals surface area contributed by atoms with Gasteiger partial charge in [0.25, 0.3) is 0 Å². The second-order valence-electron chi connectivity index (χ2n) is 6.67. The van der Waals surface area contributed by atoms with Gasteiger partial charge in [0.2, 0.25) is 5.95 Å². The molecule has 2 aromatic heterocycles. The zero-order valence-electron chi connectivity index (χ0n) is 14.8. The number of nitrogen functional groups attached to an aromatic ring is 2. The fourth-order valence-electron chi connectivity index (χ4n) is 3.29. The van der Waals surface area contributed by atoms with Crippen LogP contribution in [0.5, 0.6) is 0 Å². The van der Waals surface area contributed by atoms with Crippen LogP contribution in [-0.4, -0.2) is 38.5 Å². The fourth-order valence-corrected chi connectivity index (χ4v) is 3.29. The highest BCUT2D eigenvalue weighted by Gasteiger charge is 2.44. The van der Waals surface area contributed by atoms with Crippen molar-refractivity contribution < 1.29 is 13.9 Å². The van der Waals surface area contributed by atoms with Gasteiger partial charge in [-0.25, -0.2) is 13.9 Å². The highest BCUT2D eigenvalue weighted by molar-refractivity contribution is 5.60. The molecule has 0 aliphatic carbocycles. The van der Waals surface area contributed by atoms with Crippen LogP contribution in [0.25, 0.3) is 5.65 Å². The summed E-state index contributed by atoms with van der Waals surface area (Å²) in [7, 11) is 0. The molecule has 9 heteroatoms. The van der Waals surface area contributed by atoms with Gasteiger partial charge in [-0.2, -0.15) is 4.98 Å². The fraction of sp³-hybridized carbons (Fsp3) is 0.389. The Bertz CT molecular complexity index is 934. The zero-order chi connectivity index (χ0) is 19.0. The van der Waals surface area contributed by atoms with Crippen molar-refractivity contribution in [2.75, 3.05) is 18.1 Å². The summed E-state index contributed by atoms with van der Waals surface area (Å²) in [5.41, 5.74) is 13.3. The van der Waals surface area contributed by atoms with E-state index in [-0.39, 0.29) is 23.8 Å². The lowest BCUT2D eigenvalue weighted by Crippen LogP contribution is -2.23. The lowest BCUT2D eigenvalue weighted by Gasteiger charge is -2.15. The smallest absolute Gasteiger partial charge is 0.240 e. The maximum atomic E-state index is 14.9. The third-order valence-electron chi connectivity index (χ3n) is 4.82. The minimum absolute atomic E-state index is 0.0107. The first-order valence-electron chi connectivity index (χ1n) is 8.72. The lowest BCUT2D eigenvalue weighted by atomic mass is 9.99. The normalized spacial score (nSPS) is 25.3. The number of halogens is 1. The van der Waals surface area contributed by atoms with E-state index < -0.39 is 12.3 Å². The van der Waals surface area contributed by atoms with E-state index in [0.717, 1.165) is 5.56 Å². The molecule has 1 fully saturated rings. The topological polar surface area (TPSA) is 114 Å². The van der Waals surface area contributed by atoms with Crippen molar-refractivity contribution >= 4 is 17.4 Å². The molecule has 1 aliphatic rings. The molecule has 8 nitrogen and oxygen atoms in total. The standard InChI is InChI=1S/C18H21FN6O2/c1-10-13(9-26-8-11-5-3-2-4-6-11)27-15(14(10)19)12-7-22-17-16(20)23-18(21)24-25(12)17/h2-7,10,13-15H,8-9H2,1H3,(H4,20,21,23,24)/t10-,13-,14-,15+/m1/s1. The number of nitrogens with zero attached hydrogens (tertiary/aromatic N) is 4. The first kappa shape index (κ1) is 17.6. The highest BCUT2D eigenvalue weighted by Crippen LogP contribution is 2.39. The Morgan fingerprint density at radius 2 is 2.04 bits per heavy atom. The van der Waals surface area contributed by atoms with Gasteiger partial charge >= 0.3 is 0 Å². The number of nitrogens with two attached hydrogens (primary N) is 2. The third-order valence-corrected chi connectivity index (χ3v) is 4.82. The Morgan fingerprint density at radius 1 is 1.26 bits per heavy atom. The summed E-state index contributed by atoms with van der Waals surface area (Å²) in [6, 6.07) is 9.80. The summed E-state index contributed by atoms with van der Waals surface area (Å²) in [5, 5.41) is 4.09. The summed E-state index contributed by atoms with van der Waals surface area (Å²) in [6.07, 6.45) is -0.936. The summed E-state index contributed by atoms with van der Waals surface area (Å²) < 4.78 is 28.0. The van der Waals surface area contributed by atoms with Crippen molar-refractivity contribution in [3.05, 3.63) is 47.8 Å². The van der Waals surface area contributed by atoms with E-state index in [0.29, 0.717) is 24.6 Å². The monoisotopic (exact) mass is 372 g/mol. The van der Waals surface area contributed by atoms with E-state index in [4.69, 9.17) is 20.9 Å². The van der Waals surface area contributed by atoms with E-state index in [1.54, 1.807) is 0 Å². The molecule has 1 aliphatic heterocycles. The van der Waals surface area contributed by atoms with Gasteiger partial charge in [-0.3, -0.25) is 0 Å². The maximum absolute atomic E-state index is 14.9. The van der Waals surface area contributed by atoms with Crippen LogP contribution in [0.1, 0.15) is 24.3 Å². The van der Waals surface area contributed by atoms with Crippen LogP contribution in [0.4, 0.5) is 16.2 Å². The van der Waals surface area contributed by atoms with E-state index in [1.165, 1.54) is 10.7 Å². The maximum Gasteiger partial charge on any atom is 0.240 e. The van der Waals surface area contributed by atoms with Crippen molar-refractivity contribution in [2.24, 2.45) is 5.92 Å². The molecule has 1 saturated heterocycles. The summed E-state index contributed by atoms with van der Waals surface area (Å²) >= 11 is 0. The van der Waals surface area contributed by atoms with Gasteiger partial charge in [-0.1, -0.05) is 37.3 Å². The molecule has 3 aromatic rings. The number of fused-ring (bicyclic) bond motifs is 1. The largest absolute Gasteiger partial charge is 0.380 e. The molecule has 0 amide bonds. The second-order valence-corrected chi connectivity index (χ2v) is 6.67. The third kappa shape index (κ3) is 3.31. The first-order valence-corrected chi connectivity index (χ1v) is 8.72. The van der Waals surface area contributed by atoms with Gasteiger partial charge in [0.1, 0.15) is 12.3 Å². The highest BCUT2D eigenvalue weighted by atomic mass is 19.1. The van der Waals surface area contributed by atoms with E-state index in [2.05, 4.69) is 15.1 Å². The molecule has 4 N–H and O–H groups in total. The average Bonchev–Trinajstić information content (AvgIpc) is 3.19. The van der Waals surface area contributed by atoms with E-state index in [9.17, 15) is 4.39 Å². The molecule has 0 unspecified atom stereocenters. The van der Waals surface area contributed by atoms with Crippen LogP contribution in [0.3, 0.4) is 0 Å². The number of aromatic nitrogens is 4. The molecule has 0 saturated carbocycles. The van der Waals surface area contributed by atoms with Gasteiger partial charge < -0.3 is 20.9 Å². The van der Waals surface area contributed by atoms with Crippen molar-refractivity contribution in [3.8, 4) is 0 Å². The molecule has 27 heavy (non-hydrogen) atoms. The van der Waals surface area contributed by atoms with Gasteiger partial charge in [-0.05, 0) is 5.56 Å². The molecule has 4 atom stereocenters.